The summed E-state index contributed by atoms with van der Waals surface area (Å²) in [5.41, 5.74) is 7.21. The van der Waals surface area contributed by atoms with Crippen LogP contribution >= 0.6 is 11.8 Å². The van der Waals surface area contributed by atoms with Crippen LogP contribution in [-0.2, 0) is 17.7 Å². The van der Waals surface area contributed by atoms with E-state index in [-0.39, 0.29) is 56.1 Å². The van der Waals surface area contributed by atoms with E-state index in [1.54, 1.807) is 6.33 Å². The lowest BCUT2D eigenvalue weighted by Crippen LogP contribution is -2.67. The first-order valence-corrected chi connectivity index (χ1v) is 18.3. The molecule has 206 valence electrons. The molecule has 5 heterocycles. The number of fused-ring (bicyclic) bond motifs is 3. The first-order chi connectivity index (χ1) is 17.4. The predicted octanol–water partition coefficient (Wildman–Crippen LogP) is 4.43. The molecule has 13 heteroatoms. The number of anilines is 1. The average Bonchev–Trinajstić information content (AvgIpc) is 3.31. The number of H-pyrrole nitrogens is 1. The van der Waals surface area contributed by atoms with Crippen molar-refractivity contribution in [3.63, 3.8) is 0 Å². The minimum atomic E-state index is -2.80. The van der Waals surface area contributed by atoms with E-state index in [0.29, 0.717) is 12.3 Å². The van der Waals surface area contributed by atoms with Crippen LogP contribution in [0, 0.1) is 0 Å². The maximum atomic E-state index is 12.5. The third-order valence-corrected chi connectivity index (χ3v) is 20.2. The molecule has 0 bridgehead atoms. The van der Waals surface area contributed by atoms with E-state index >= 15 is 0 Å². The zero-order valence-corrected chi connectivity index (χ0v) is 25.9. The second-order valence-corrected chi connectivity index (χ2v) is 22.2. The second kappa shape index (κ2) is 9.45. The normalized spacial score (nSPS) is 31.3. The van der Waals surface area contributed by atoms with Crippen LogP contribution in [0.25, 0.3) is 11.2 Å². The zero-order valence-electron chi connectivity index (χ0n) is 23.1. The highest BCUT2D eigenvalue weighted by Crippen LogP contribution is 2.60. The molecular formula is C24H41N5O5SSi2. The summed E-state index contributed by atoms with van der Waals surface area (Å²) in [6.45, 7) is 18.2. The van der Waals surface area contributed by atoms with E-state index in [1.807, 2.05) is 16.3 Å². The van der Waals surface area contributed by atoms with E-state index < -0.39 is 23.3 Å². The fraction of sp³-hybridized carbons (Fsp3) is 0.792. The summed E-state index contributed by atoms with van der Waals surface area (Å²) in [4.78, 5) is 23.8. The van der Waals surface area contributed by atoms with Gasteiger partial charge in [0.1, 0.15) is 6.10 Å². The molecule has 3 aliphatic rings. The molecule has 1 unspecified atom stereocenters. The highest BCUT2D eigenvalue weighted by atomic mass is 32.2. The molecule has 5 rings (SSSR count). The molecule has 0 aliphatic carbocycles. The summed E-state index contributed by atoms with van der Waals surface area (Å²) in [6, 6.07) is 0. The summed E-state index contributed by atoms with van der Waals surface area (Å²) in [5, 5.41) is 0. The lowest BCUT2D eigenvalue weighted by atomic mass is 9.94. The Hall–Kier alpha value is -1.23. The molecule has 3 N–H and O–H groups in total. The van der Waals surface area contributed by atoms with Gasteiger partial charge < -0.3 is 23.4 Å². The van der Waals surface area contributed by atoms with Crippen LogP contribution in [0.15, 0.2) is 11.1 Å². The number of aromatic amines is 1. The number of nitrogen functional groups attached to an aromatic ring is 1. The zero-order chi connectivity index (χ0) is 26.9. The van der Waals surface area contributed by atoms with Gasteiger partial charge in [0.2, 0.25) is 5.95 Å². The van der Waals surface area contributed by atoms with Crippen LogP contribution in [0.1, 0.15) is 68.0 Å². The van der Waals surface area contributed by atoms with Crippen LogP contribution < -0.4 is 11.3 Å². The van der Waals surface area contributed by atoms with Gasteiger partial charge in [-0.25, -0.2) is 4.98 Å². The number of nitrogens with two attached hydrogens (primary N) is 1. The molecule has 1 spiro atoms. The number of hydrogen-bond acceptors (Lipinski definition) is 9. The van der Waals surface area contributed by atoms with Crippen molar-refractivity contribution in [1.29, 1.82) is 0 Å². The standard InChI is InChI=1S/C24H41N5O5SSi2/c1-13(2)36(14(3)4)31-11-17-19(33-37(34-36,15(5)6)16(7)8)24(9-10-35-24)22(32-17)29-12-26-18-20(29)27-23(25)28-21(18)30/h12-17,19,22H,9-11H2,1-8H3,(H3,25,27,28,30)/t17-,19-,22-,24?/m1/s1. The van der Waals surface area contributed by atoms with Crippen molar-refractivity contribution < 1.29 is 17.7 Å². The average molecular weight is 568 g/mol. The first kappa shape index (κ1) is 27.3. The van der Waals surface area contributed by atoms with Crippen molar-refractivity contribution in [3.8, 4) is 0 Å². The smallest absolute Gasteiger partial charge is 0.335 e. The molecule has 10 nitrogen and oxygen atoms in total. The Labute approximate surface area is 224 Å². The molecule has 0 saturated carbocycles. The van der Waals surface area contributed by atoms with E-state index in [9.17, 15) is 4.79 Å². The van der Waals surface area contributed by atoms with Gasteiger partial charge in [-0.15, -0.1) is 11.8 Å². The van der Waals surface area contributed by atoms with E-state index in [0.717, 1.165) is 12.2 Å². The van der Waals surface area contributed by atoms with Gasteiger partial charge in [0.05, 0.1) is 23.8 Å². The van der Waals surface area contributed by atoms with E-state index in [1.165, 1.54) is 0 Å². The molecule has 3 aliphatic heterocycles. The fourth-order valence-corrected chi connectivity index (χ4v) is 19.1. The van der Waals surface area contributed by atoms with Crippen molar-refractivity contribution in [2.75, 3.05) is 18.1 Å². The van der Waals surface area contributed by atoms with Gasteiger partial charge in [-0.05, 0) is 34.3 Å². The lowest BCUT2D eigenvalue weighted by molar-refractivity contribution is -0.0548. The summed E-state index contributed by atoms with van der Waals surface area (Å²) >= 11 is 1.86. The van der Waals surface area contributed by atoms with Gasteiger partial charge in [-0.1, -0.05) is 55.4 Å². The quantitative estimate of drug-likeness (QED) is 0.504. The van der Waals surface area contributed by atoms with Gasteiger partial charge in [-0.2, -0.15) is 4.98 Å². The van der Waals surface area contributed by atoms with E-state index in [4.69, 9.17) is 23.4 Å². The highest BCUT2D eigenvalue weighted by Gasteiger charge is 2.68. The van der Waals surface area contributed by atoms with Crippen LogP contribution in [0.2, 0.25) is 22.2 Å². The maximum absolute atomic E-state index is 12.5. The van der Waals surface area contributed by atoms with Crippen LogP contribution in [0.4, 0.5) is 5.95 Å². The number of thioether (sulfide) groups is 1. The van der Waals surface area contributed by atoms with Gasteiger partial charge in [-0.3, -0.25) is 14.3 Å². The van der Waals surface area contributed by atoms with E-state index in [2.05, 4.69) is 70.3 Å². The Bertz CT molecular complexity index is 1200. The van der Waals surface area contributed by atoms with Gasteiger partial charge in [0.15, 0.2) is 17.4 Å². The number of nitrogens with one attached hydrogen (secondary N) is 1. The third-order valence-electron chi connectivity index (χ3n) is 8.43. The van der Waals surface area contributed by atoms with Crippen molar-refractivity contribution in [2.45, 2.75) is 107 Å². The van der Waals surface area contributed by atoms with Gasteiger partial charge >= 0.3 is 17.1 Å². The summed E-state index contributed by atoms with van der Waals surface area (Å²) in [6.07, 6.45) is 1.66. The molecule has 0 radical (unpaired) electrons. The first-order valence-electron chi connectivity index (χ1n) is 13.4. The Morgan fingerprint density at radius 3 is 2.27 bits per heavy atom. The third kappa shape index (κ3) is 3.99. The Kier molecular flexibility index (Phi) is 6.99. The number of hydrogen-bond donors (Lipinski definition) is 2. The predicted molar refractivity (Wildman–Crippen MR) is 150 cm³/mol. The number of imidazole rings is 1. The van der Waals surface area contributed by atoms with Crippen molar-refractivity contribution in [1.82, 2.24) is 19.5 Å². The molecular weight excluding hydrogens is 527 g/mol. The summed E-state index contributed by atoms with van der Waals surface area (Å²) < 4.78 is 30.1. The van der Waals surface area contributed by atoms with Crippen molar-refractivity contribution in [3.05, 3.63) is 16.7 Å². The molecule has 3 saturated heterocycles. The van der Waals surface area contributed by atoms with Crippen LogP contribution in [0.3, 0.4) is 0 Å². The summed E-state index contributed by atoms with van der Waals surface area (Å²) in [5.74, 6) is 1.06. The van der Waals surface area contributed by atoms with Crippen LogP contribution in [-0.4, -0.2) is 66.0 Å². The number of ether oxygens (including phenoxy) is 1. The Morgan fingerprint density at radius 1 is 1.11 bits per heavy atom. The Morgan fingerprint density at radius 2 is 1.73 bits per heavy atom. The number of rotatable bonds is 5. The van der Waals surface area contributed by atoms with Crippen LogP contribution in [0.5, 0.6) is 0 Å². The molecule has 0 aromatic carbocycles. The number of aromatic nitrogens is 4. The second-order valence-electron chi connectivity index (χ2n) is 11.9. The Balaban J connectivity index is 1.64. The molecule has 37 heavy (non-hydrogen) atoms. The lowest BCUT2D eigenvalue weighted by Gasteiger charge is -2.54. The van der Waals surface area contributed by atoms with Crippen molar-refractivity contribution in [2.24, 2.45) is 0 Å². The monoisotopic (exact) mass is 567 g/mol. The summed E-state index contributed by atoms with van der Waals surface area (Å²) in [7, 11) is -5.47. The highest BCUT2D eigenvalue weighted by molar-refractivity contribution is 8.02. The number of nitrogens with zero attached hydrogens (tertiary/aromatic N) is 3. The van der Waals surface area contributed by atoms with Gasteiger partial charge in [0, 0.05) is 0 Å². The maximum Gasteiger partial charge on any atom is 0.335 e. The molecule has 3 fully saturated rings. The SMILES string of the molecule is CC(C)[Si]1(C(C)C)OC[C@H]2O[C@@H](n3cnc4c(=O)[nH]c(N)nc43)C3(CCS3)[C@@H]2O[Si](C(C)C)(C(C)C)O1. The minimum Gasteiger partial charge on any atom is -0.414 e. The molecule has 4 atom stereocenters. The molecule has 0 amide bonds. The molecule has 2 aromatic rings. The van der Waals surface area contributed by atoms with Gasteiger partial charge in [0.25, 0.3) is 5.56 Å². The largest absolute Gasteiger partial charge is 0.414 e. The minimum absolute atomic E-state index is 0.0576. The fourth-order valence-electron chi connectivity index (χ4n) is 6.41. The van der Waals surface area contributed by atoms with Crippen molar-refractivity contribution >= 4 is 46.0 Å². The topological polar surface area (TPSA) is 127 Å². The molecule has 2 aromatic heterocycles.